The molecular formula is C11H16N6. The van der Waals surface area contributed by atoms with Crippen molar-refractivity contribution in [2.24, 2.45) is 7.05 Å². The van der Waals surface area contributed by atoms with E-state index in [2.05, 4.69) is 20.5 Å². The third kappa shape index (κ3) is 2.71. The quantitative estimate of drug-likeness (QED) is 0.806. The molecule has 1 aliphatic rings. The molecule has 0 saturated heterocycles. The van der Waals surface area contributed by atoms with Crippen molar-refractivity contribution in [1.82, 2.24) is 29.9 Å². The Morgan fingerprint density at radius 1 is 1.41 bits per heavy atom. The summed E-state index contributed by atoms with van der Waals surface area (Å²) in [5, 5.41) is 12.1. The summed E-state index contributed by atoms with van der Waals surface area (Å²) in [4.78, 5) is 4.27. The molecule has 2 aromatic rings. The van der Waals surface area contributed by atoms with Gasteiger partial charge in [-0.1, -0.05) is 0 Å². The predicted octanol–water partition coefficient (Wildman–Crippen LogP) is 0.312. The molecule has 6 heteroatoms. The molecule has 0 atom stereocenters. The molecule has 0 bridgehead atoms. The van der Waals surface area contributed by atoms with Crippen molar-refractivity contribution in [2.45, 2.75) is 32.0 Å². The molecule has 1 saturated carbocycles. The molecule has 0 amide bonds. The second-order valence-electron chi connectivity index (χ2n) is 4.49. The second-order valence-corrected chi connectivity index (χ2v) is 4.49. The Morgan fingerprint density at radius 2 is 2.29 bits per heavy atom. The highest BCUT2D eigenvalue weighted by molar-refractivity contribution is 4.99. The van der Waals surface area contributed by atoms with Crippen LogP contribution in [0.15, 0.2) is 18.6 Å². The number of aryl methyl sites for hydroxylation is 1. The Balaban J connectivity index is 1.59. The average molecular weight is 232 g/mol. The van der Waals surface area contributed by atoms with Gasteiger partial charge in [0.05, 0.1) is 18.8 Å². The monoisotopic (exact) mass is 232 g/mol. The largest absolute Gasteiger partial charge is 0.307 e. The maximum absolute atomic E-state index is 4.41. The van der Waals surface area contributed by atoms with Gasteiger partial charge in [-0.3, -0.25) is 4.68 Å². The lowest BCUT2D eigenvalue weighted by Gasteiger charge is -1.97. The molecule has 0 spiro atoms. The first-order valence-electron chi connectivity index (χ1n) is 5.90. The minimum atomic E-state index is 0.678. The second kappa shape index (κ2) is 4.29. The van der Waals surface area contributed by atoms with E-state index in [1.807, 2.05) is 24.0 Å². The first kappa shape index (κ1) is 10.5. The third-order valence-electron chi connectivity index (χ3n) is 2.80. The molecule has 6 nitrogen and oxygen atoms in total. The number of nitrogens with one attached hydrogen (secondary N) is 1. The number of hydrogen-bond acceptors (Lipinski definition) is 4. The Hall–Kier alpha value is -1.69. The van der Waals surface area contributed by atoms with E-state index >= 15 is 0 Å². The number of hydrogen-bond donors (Lipinski definition) is 1. The van der Waals surface area contributed by atoms with Gasteiger partial charge in [0.2, 0.25) is 0 Å². The van der Waals surface area contributed by atoms with Crippen LogP contribution in [-0.2, 0) is 20.1 Å². The highest BCUT2D eigenvalue weighted by atomic mass is 15.3. The van der Waals surface area contributed by atoms with Gasteiger partial charge in [-0.05, 0) is 18.9 Å². The lowest BCUT2D eigenvalue weighted by Crippen LogP contribution is -2.16. The van der Waals surface area contributed by atoms with Crippen LogP contribution < -0.4 is 5.32 Å². The van der Waals surface area contributed by atoms with Gasteiger partial charge in [0.15, 0.2) is 5.82 Å². The number of rotatable bonds is 5. The first-order valence-corrected chi connectivity index (χ1v) is 5.90. The SMILES string of the molecule is Cn1ccc(Cn2cnc(CNC3CC3)n2)n1. The highest BCUT2D eigenvalue weighted by Crippen LogP contribution is 2.18. The number of aromatic nitrogens is 5. The molecule has 0 aromatic carbocycles. The van der Waals surface area contributed by atoms with E-state index in [-0.39, 0.29) is 0 Å². The van der Waals surface area contributed by atoms with Crippen LogP contribution in [0.3, 0.4) is 0 Å². The lowest BCUT2D eigenvalue weighted by atomic mass is 10.4. The van der Waals surface area contributed by atoms with Crippen molar-refractivity contribution in [3.05, 3.63) is 30.1 Å². The minimum absolute atomic E-state index is 0.678. The molecule has 2 heterocycles. The van der Waals surface area contributed by atoms with Crippen molar-refractivity contribution in [1.29, 1.82) is 0 Å². The average Bonchev–Trinajstić information content (AvgIpc) is 2.90. The summed E-state index contributed by atoms with van der Waals surface area (Å²) in [7, 11) is 1.91. The fourth-order valence-electron chi connectivity index (χ4n) is 1.73. The van der Waals surface area contributed by atoms with E-state index < -0.39 is 0 Å². The normalized spacial score (nSPS) is 15.4. The Labute approximate surface area is 99.7 Å². The van der Waals surface area contributed by atoms with Crippen molar-refractivity contribution < 1.29 is 0 Å². The molecule has 3 rings (SSSR count). The molecule has 2 aromatic heterocycles. The van der Waals surface area contributed by atoms with Crippen LogP contribution in [0.1, 0.15) is 24.4 Å². The summed E-state index contributed by atoms with van der Waals surface area (Å²) in [5.41, 5.74) is 0.999. The Morgan fingerprint density at radius 3 is 3.00 bits per heavy atom. The maximum Gasteiger partial charge on any atom is 0.164 e. The van der Waals surface area contributed by atoms with Crippen LogP contribution in [0.2, 0.25) is 0 Å². The van der Waals surface area contributed by atoms with Crippen LogP contribution in [0.5, 0.6) is 0 Å². The van der Waals surface area contributed by atoms with Gasteiger partial charge in [-0.15, -0.1) is 0 Å². The molecule has 0 unspecified atom stereocenters. The summed E-state index contributed by atoms with van der Waals surface area (Å²) in [6, 6.07) is 2.68. The Bertz CT molecular complexity index is 496. The van der Waals surface area contributed by atoms with Gasteiger partial charge in [0.25, 0.3) is 0 Å². The van der Waals surface area contributed by atoms with E-state index in [1.54, 1.807) is 11.0 Å². The summed E-state index contributed by atoms with van der Waals surface area (Å²) >= 11 is 0. The van der Waals surface area contributed by atoms with Crippen LogP contribution in [0.25, 0.3) is 0 Å². The molecule has 17 heavy (non-hydrogen) atoms. The topological polar surface area (TPSA) is 60.6 Å². The molecule has 1 N–H and O–H groups in total. The zero-order valence-corrected chi connectivity index (χ0v) is 9.87. The molecule has 0 aliphatic heterocycles. The summed E-state index contributed by atoms with van der Waals surface area (Å²) in [5.74, 6) is 0.854. The van der Waals surface area contributed by atoms with E-state index in [4.69, 9.17) is 0 Å². The summed E-state index contributed by atoms with van der Waals surface area (Å²) in [6.45, 7) is 1.44. The number of nitrogens with zero attached hydrogens (tertiary/aromatic N) is 5. The van der Waals surface area contributed by atoms with Crippen molar-refractivity contribution in [3.8, 4) is 0 Å². The standard InChI is InChI=1S/C11H16N6/c1-16-5-4-10(14-16)7-17-8-13-11(15-17)6-12-9-2-3-9/h4-5,8-9,12H,2-3,6-7H2,1H3. The van der Waals surface area contributed by atoms with E-state index in [9.17, 15) is 0 Å². The molecule has 1 aliphatic carbocycles. The summed E-state index contributed by atoms with van der Waals surface area (Å²) in [6.07, 6.45) is 6.27. The van der Waals surface area contributed by atoms with Crippen LogP contribution in [0, 0.1) is 0 Å². The maximum atomic E-state index is 4.41. The third-order valence-corrected chi connectivity index (χ3v) is 2.80. The van der Waals surface area contributed by atoms with Crippen molar-refractivity contribution in [2.75, 3.05) is 0 Å². The molecule has 0 radical (unpaired) electrons. The summed E-state index contributed by atoms with van der Waals surface area (Å²) < 4.78 is 3.62. The van der Waals surface area contributed by atoms with Crippen molar-refractivity contribution >= 4 is 0 Å². The Kier molecular flexibility index (Phi) is 2.64. The van der Waals surface area contributed by atoms with E-state index in [1.165, 1.54) is 12.8 Å². The fourth-order valence-corrected chi connectivity index (χ4v) is 1.73. The van der Waals surface area contributed by atoms with Crippen LogP contribution in [-0.4, -0.2) is 30.6 Å². The van der Waals surface area contributed by atoms with Gasteiger partial charge in [0, 0.05) is 19.3 Å². The fraction of sp³-hybridized carbons (Fsp3) is 0.545. The van der Waals surface area contributed by atoms with Gasteiger partial charge < -0.3 is 5.32 Å². The smallest absolute Gasteiger partial charge is 0.164 e. The van der Waals surface area contributed by atoms with Gasteiger partial charge in [0.1, 0.15) is 6.33 Å². The van der Waals surface area contributed by atoms with Crippen molar-refractivity contribution in [3.63, 3.8) is 0 Å². The van der Waals surface area contributed by atoms with Gasteiger partial charge in [-0.2, -0.15) is 10.2 Å². The van der Waals surface area contributed by atoms with Gasteiger partial charge in [-0.25, -0.2) is 9.67 Å². The zero-order chi connectivity index (χ0) is 11.7. The minimum Gasteiger partial charge on any atom is -0.307 e. The molecule has 1 fully saturated rings. The van der Waals surface area contributed by atoms with Gasteiger partial charge >= 0.3 is 0 Å². The van der Waals surface area contributed by atoms with E-state index in [0.717, 1.165) is 18.1 Å². The zero-order valence-electron chi connectivity index (χ0n) is 9.87. The van der Waals surface area contributed by atoms with Crippen LogP contribution in [0.4, 0.5) is 0 Å². The first-order chi connectivity index (χ1) is 8.29. The predicted molar refractivity (Wildman–Crippen MR) is 62.2 cm³/mol. The molecule has 90 valence electrons. The molecular weight excluding hydrogens is 216 g/mol. The highest BCUT2D eigenvalue weighted by Gasteiger charge is 2.20. The lowest BCUT2D eigenvalue weighted by molar-refractivity contribution is 0.616. The van der Waals surface area contributed by atoms with Crippen LogP contribution >= 0.6 is 0 Å². The van der Waals surface area contributed by atoms with E-state index in [0.29, 0.717) is 12.6 Å².